The molecule has 0 aliphatic heterocycles. The van der Waals surface area contributed by atoms with Crippen LogP contribution < -0.4 is 5.32 Å². The van der Waals surface area contributed by atoms with Crippen molar-refractivity contribution in [3.05, 3.63) is 42.5 Å². The monoisotopic (exact) mass is 373 g/mol. The zero-order valence-electron chi connectivity index (χ0n) is 16.8. The largest absolute Gasteiger partial charge is 0.317 e. The molecule has 0 unspecified atom stereocenters. The highest BCUT2D eigenvalue weighted by Gasteiger charge is 2.29. The Kier molecular flexibility index (Phi) is 8.77. The maximum atomic E-state index is 12.4. The van der Waals surface area contributed by atoms with Crippen molar-refractivity contribution in [1.82, 2.24) is 0 Å². The second-order valence-electron chi connectivity index (χ2n) is 8.10. The molecule has 0 aromatic heterocycles. The molecule has 0 heterocycles. The van der Waals surface area contributed by atoms with Crippen LogP contribution in [0.5, 0.6) is 0 Å². The Hall–Kier alpha value is -1.22. The Bertz CT molecular complexity index is 569. The highest BCUT2D eigenvalue weighted by molar-refractivity contribution is 8.14. The second-order valence-corrected chi connectivity index (χ2v) is 9.31. The Morgan fingerprint density at radius 2 is 2.00 bits per heavy atom. The molecular weight excluding hydrogens is 338 g/mol. The van der Waals surface area contributed by atoms with Crippen LogP contribution >= 0.6 is 11.8 Å². The Labute approximate surface area is 164 Å². The molecule has 1 fully saturated rings. The molecule has 3 heteroatoms. The maximum Gasteiger partial charge on any atom is 0.284 e. The van der Waals surface area contributed by atoms with E-state index in [1.807, 2.05) is 30.3 Å². The number of anilines is 1. The van der Waals surface area contributed by atoms with Crippen LogP contribution in [0.3, 0.4) is 0 Å². The highest BCUT2D eigenvalue weighted by Crippen LogP contribution is 2.39. The van der Waals surface area contributed by atoms with Crippen LogP contribution in [0, 0.1) is 23.7 Å². The van der Waals surface area contributed by atoms with Crippen molar-refractivity contribution >= 4 is 22.7 Å². The number of nitrogens with one attached hydrogen (secondary N) is 1. The van der Waals surface area contributed by atoms with E-state index in [9.17, 15) is 4.79 Å². The van der Waals surface area contributed by atoms with Gasteiger partial charge in [-0.05, 0) is 55.1 Å². The third kappa shape index (κ3) is 6.83. The van der Waals surface area contributed by atoms with Crippen molar-refractivity contribution in [2.75, 3.05) is 5.32 Å². The molecule has 0 radical (unpaired) electrons. The lowest BCUT2D eigenvalue weighted by Crippen LogP contribution is -2.26. The minimum atomic E-state index is 0.0386. The van der Waals surface area contributed by atoms with E-state index in [4.69, 9.17) is 0 Å². The summed E-state index contributed by atoms with van der Waals surface area (Å²) in [6.45, 7) is 9.28. The van der Waals surface area contributed by atoms with Gasteiger partial charge in [-0.25, -0.2) is 0 Å². The van der Waals surface area contributed by atoms with Crippen molar-refractivity contribution in [3.63, 3.8) is 0 Å². The van der Waals surface area contributed by atoms with Crippen molar-refractivity contribution < 1.29 is 4.79 Å². The zero-order valence-corrected chi connectivity index (χ0v) is 17.6. The van der Waals surface area contributed by atoms with Crippen LogP contribution in [-0.4, -0.2) is 10.5 Å². The molecule has 4 atom stereocenters. The van der Waals surface area contributed by atoms with Crippen LogP contribution in [0.2, 0.25) is 0 Å². The molecule has 2 nitrogen and oxygen atoms in total. The fourth-order valence-corrected chi connectivity index (χ4v) is 5.02. The van der Waals surface area contributed by atoms with E-state index in [0.717, 1.165) is 36.3 Å². The summed E-state index contributed by atoms with van der Waals surface area (Å²) < 4.78 is 0. The molecule has 0 bridgehead atoms. The first-order chi connectivity index (χ1) is 12.5. The fraction of sp³-hybridized carbons (Fsp3) is 0.609. The van der Waals surface area contributed by atoms with Gasteiger partial charge in [-0.2, -0.15) is 0 Å². The zero-order chi connectivity index (χ0) is 18.9. The minimum Gasteiger partial charge on any atom is -0.317 e. The average Bonchev–Trinajstić information content (AvgIpc) is 2.60. The summed E-state index contributed by atoms with van der Waals surface area (Å²) in [4.78, 5) is 12.4. The third-order valence-electron chi connectivity index (χ3n) is 5.50. The first-order valence-corrected chi connectivity index (χ1v) is 11.1. The lowest BCUT2D eigenvalue weighted by molar-refractivity contribution is 0.178. The normalized spacial score (nSPS) is 24.7. The van der Waals surface area contributed by atoms with Crippen LogP contribution in [0.4, 0.5) is 10.5 Å². The number of allylic oxidation sites excluding steroid dienone is 1. The molecular formula is C23H35NOS. The van der Waals surface area contributed by atoms with E-state index < -0.39 is 0 Å². The molecule has 1 aliphatic carbocycles. The van der Waals surface area contributed by atoms with Crippen molar-refractivity contribution in [1.29, 1.82) is 0 Å². The molecule has 0 saturated heterocycles. The second kappa shape index (κ2) is 10.8. The molecule has 1 aromatic rings. The number of carbonyl (C=O) groups excluding carboxylic acids is 1. The third-order valence-corrected chi connectivity index (χ3v) is 6.51. The molecule has 1 saturated carbocycles. The van der Waals surface area contributed by atoms with E-state index >= 15 is 0 Å². The SMILES string of the molecule is CCC[C@H](/C=C/[C@@H]1C[C@H](C)CC[C@H]1C(C)C)SC(=O)Nc1ccccc1. The summed E-state index contributed by atoms with van der Waals surface area (Å²) in [5.41, 5.74) is 0.866. The lowest BCUT2D eigenvalue weighted by Gasteiger charge is -2.36. The molecule has 26 heavy (non-hydrogen) atoms. The number of carbonyl (C=O) groups is 1. The van der Waals surface area contributed by atoms with Gasteiger partial charge in [0.25, 0.3) is 5.24 Å². The topological polar surface area (TPSA) is 29.1 Å². The summed E-state index contributed by atoms with van der Waals surface area (Å²) >= 11 is 1.43. The molecule has 2 rings (SSSR count). The standard InChI is InChI=1S/C23H35NOS/c1-5-9-21(26-23(25)24-20-10-7-6-8-11-20)14-13-19-16-18(4)12-15-22(19)17(2)3/h6-8,10-11,13-14,17-19,21-22H,5,9,12,15-16H2,1-4H3,(H,24,25)/b14-13+/t18-,19-,21-,22+/m1/s1. The highest BCUT2D eigenvalue weighted by atomic mass is 32.2. The molecule has 1 aliphatic rings. The first kappa shape index (κ1) is 21.1. The van der Waals surface area contributed by atoms with Gasteiger partial charge in [-0.3, -0.25) is 4.79 Å². The number of hydrogen-bond acceptors (Lipinski definition) is 2. The van der Waals surface area contributed by atoms with E-state index in [-0.39, 0.29) is 10.5 Å². The van der Waals surface area contributed by atoms with Crippen LogP contribution in [0.1, 0.15) is 59.8 Å². The molecule has 144 valence electrons. The number of thioether (sulfide) groups is 1. The molecule has 1 aromatic carbocycles. The number of benzene rings is 1. The van der Waals surface area contributed by atoms with Gasteiger partial charge in [-0.1, -0.05) is 82.6 Å². The van der Waals surface area contributed by atoms with E-state index in [1.165, 1.54) is 31.0 Å². The van der Waals surface area contributed by atoms with Crippen molar-refractivity contribution in [2.45, 2.75) is 65.0 Å². The summed E-state index contributed by atoms with van der Waals surface area (Å²) in [7, 11) is 0. The van der Waals surface area contributed by atoms with Crippen molar-refractivity contribution in [2.24, 2.45) is 23.7 Å². The predicted octanol–water partition coefficient (Wildman–Crippen LogP) is 7.39. The lowest BCUT2D eigenvalue weighted by atomic mass is 9.70. The summed E-state index contributed by atoms with van der Waals surface area (Å²) in [6, 6.07) is 9.71. The van der Waals surface area contributed by atoms with Gasteiger partial charge >= 0.3 is 0 Å². The van der Waals surface area contributed by atoms with Crippen LogP contribution in [0.25, 0.3) is 0 Å². The summed E-state index contributed by atoms with van der Waals surface area (Å²) in [5.74, 6) is 3.00. The summed E-state index contributed by atoms with van der Waals surface area (Å²) in [6.07, 6.45) is 10.9. The number of para-hydroxylation sites is 1. The number of rotatable bonds is 7. The quantitative estimate of drug-likeness (QED) is 0.505. The predicted molar refractivity (Wildman–Crippen MR) is 116 cm³/mol. The number of hydrogen-bond donors (Lipinski definition) is 1. The molecule has 0 spiro atoms. The van der Waals surface area contributed by atoms with Gasteiger partial charge in [-0.15, -0.1) is 0 Å². The Balaban J connectivity index is 1.97. The van der Waals surface area contributed by atoms with Gasteiger partial charge in [0.05, 0.1) is 0 Å². The van der Waals surface area contributed by atoms with Gasteiger partial charge in [0.15, 0.2) is 0 Å². The van der Waals surface area contributed by atoms with E-state index in [1.54, 1.807) is 0 Å². The van der Waals surface area contributed by atoms with Crippen LogP contribution in [0.15, 0.2) is 42.5 Å². The Morgan fingerprint density at radius 3 is 2.65 bits per heavy atom. The minimum absolute atomic E-state index is 0.0386. The Morgan fingerprint density at radius 1 is 1.27 bits per heavy atom. The molecule has 1 N–H and O–H groups in total. The van der Waals surface area contributed by atoms with Gasteiger partial charge in [0, 0.05) is 10.9 Å². The van der Waals surface area contributed by atoms with Crippen LogP contribution in [-0.2, 0) is 0 Å². The first-order valence-electron chi connectivity index (χ1n) is 10.2. The average molecular weight is 374 g/mol. The van der Waals surface area contributed by atoms with Gasteiger partial charge in [0.2, 0.25) is 0 Å². The van der Waals surface area contributed by atoms with Gasteiger partial charge in [0.1, 0.15) is 0 Å². The van der Waals surface area contributed by atoms with E-state index in [0.29, 0.717) is 5.92 Å². The number of amides is 1. The van der Waals surface area contributed by atoms with Gasteiger partial charge < -0.3 is 5.32 Å². The van der Waals surface area contributed by atoms with Crippen molar-refractivity contribution in [3.8, 4) is 0 Å². The summed E-state index contributed by atoms with van der Waals surface area (Å²) in [5, 5.41) is 3.29. The fourth-order valence-electron chi connectivity index (χ4n) is 4.05. The maximum absolute atomic E-state index is 12.4. The van der Waals surface area contributed by atoms with E-state index in [2.05, 4.69) is 45.2 Å². The molecule has 1 amide bonds. The smallest absolute Gasteiger partial charge is 0.284 e.